The van der Waals surface area contributed by atoms with Gasteiger partial charge in [-0.25, -0.2) is 9.59 Å². The van der Waals surface area contributed by atoms with Gasteiger partial charge in [0.25, 0.3) is 5.79 Å². The summed E-state index contributed by atoms with van der Waals surface area (Å²) in [6.07, 6.45) is 4.18. The highest BCUT2D eigenvalue weighted by Gasteiger charge is 2.40. The molecule has 134 valence electrons. The number of halogens is 2. The van der Waals surface area contributed by atoms with Crippen LogP contribution in [0.4, 0.5) is 0 Å². The van der Waals surface area contributed by atoms with Crippen LogP contribution in [-0.2, 0) is 19.1 Å². The fourth-order valence-corrected chi connectivity index (χ4v) is 2.80. The van der Waals surface area contributed by atoms with Crippen LogP contribution in [0, 0.1) is 0 Å². The highest BCUT2D eigenvalue weighted by Crippen LogP contribution is 2.36. The zero-order chi connectivity index (χ0) is 19.3. The first-order valence-electron chi connectivity index (χ1n) is 7.40. The minimum atomic E-state index is -1.79. The van der Waals surface area contributed by atoms with Gasteiger partial charge >= 0.3 is 11.9 Å². The van der Waals surface area contributed by atoms with Crippen molar-refractivity contribution < 1.29 is 23.9 Å². The van der Waals surface area contributed by atoms with E-state index in [4.69, 9.17) is 32.7 Å². The molecule has 0 saturated heterocycles. The lowest BCUT2D eigenvalue weighted by Gasteiger charge is -2.31. The predicted octanol–water partition coefficient (Wildman–Crippen LogP) is 4.13. The minimum Gasteiger partial charge on any atom is -0.415 e. The Morgan fingerprint density at radius 2 is 1.62 bits per heavy atom. The maximum Gasteiger partial charge on any atom is 0.333 e. The highest BCUT2D eigenvalue weighted by atomic mass is 35.5. The van der Waals surface area contributed by atoms with Crippen molar-refractivity contribution in [1.82, 2.24) is 0 Å². The molecule has 0 bridgehead atoms. The van der Waals surface area contributed by atoms with Crippen LogP contribution in [0.3, 0.4) is 0 Å². The average Bonchev–Trinajstić information content (AvgIpc) is 2.61. The van der Waals surface area contributed by atoms with E-state index in [9.17, 15) is 14.4 Å². The van der Waals surface area contributed by atoms with Crippen LogP contribution < -0.4 is 0 Å². The van der Waals surface area contributed by atoms with E-state index in [0.717, 1.165) is 12.2 Å². The van der Waals surface area contributed by atoms with Crippen molar-refractivity contribution >= 4 is 40.9 Å². The van der Waals surface area contributed by atoms with Gasteiger partial charge in [-0.2, -0.15) is 0 Å². The largest absolute Gasteiger partial charge is 0.415 e. The number of hydrogen-bond acceptors (Lipinski definition) is 5. The molecule has 0 unspecified atom stereocenters. The maximum atomic E-state index is 12.7. The molecule has 2 rings (SSSR count). The summed E-state index contributed by atoms with van der Waals surface area (Å²) in [7, 11) is 0. The summed E-state index contributed by atoms with van der Waals surface area (Å²) in [5.74, 6) is -3.85. The van der Waals surface area contributed by atoms with Crippen LogP contribution in [0.25, 0.3) is 0 Å². The van der Waals surface area contributed by atoms with Crippen LogP contribution in [0.15, 0.2) is 72.3 Å². The zero-order valence-corrected chi connectivity index (χ0v) is 15.0. The number of esters is 2. The van der Waals surface area contributed by atoms with Crippen molar-refractivity contribution in [3.05, 3.63) is 82.9 Å². The number of ether oxygens (including phenoxy) is 2. The molecule has 26 heavy (non-hydrogen) atoms. The molecular weight excluding hydrogens is 379 g/mol. The molecule has 1 aromatic carbocycles. The number of carbonyl (C=O) groups excluding carboxylic acids is 3. The summed E-state index contributed by atoms with van der Waals surface area (Å²) in [5.41, 5.74) is 0.422. The van der Waals surface area contributed by atoms with E-state index in [-0.39, 0.29) is 27.6 Å². The van der Waals surface area contributed by atoms with Gasteiger partial charge < -0.3 is 9.47 Å². The molecule has 0 spiro atoms. The first kappa shape index (κ1) is 19.7. The van der Waals surface area contributed by atoms with E-state index in [1.165, 1.54) is 12.2 Å². The van der Waals surface area contributed by atoms with Crippen molar-refractivity contribution in [2.24, 2.45) is 0 Å². The summed E-state index contributed by atoms with van der Waals surface area (Å²) >= 11 is 12.3. The summed E-state index contributed by atoms with van der Waals surface area (Å²) in [5, 5.41) is 0.321. The predicted molar refractivity (Wildman–Crippen MR) is 97.7 cm³/mol. The van der Waals surface area contributed by atoms with Gasteiger partial charge in [0, 0.05) is 34.4 Å². The van der Waals surface area contributed by atoms with Gasteiger partial charge in [-0.1, -0.05) is 48.5 Å². The Kier molecular flexibility index (Phi) is 6.18. The average molecular weight is 393 g/mol. The Bertz CT molecular complexity index is 829. The van der Waals surface area contributed by atoms with Crippen LogP contribution in [-0.4, -0.2) is 23.5 Å². The lowest BCUT2D eigenvalue weighted by molar-refractivity contribution is -0.204. The van der Waals surface area contributed by atoms with Crippen molar-refractivity contribution in [2.45, 2.75) is 12.2 Å². The standard InChI is InChI=1S/C19H14Cl2O5/c1-3-16(22)25-19(26-17(23)4-2)10-9-13(15(21)11-19)18(24)12-7-5-6-8-14(12)20/h3-10H,1-2,11H2. The van der Waals surface area contributed by atoms with Gasteiger partial charge in [0.15, 0.2) is 5.78 Å². The SMILES string of the molecule is C=CC(=O)OC1(OC(=O)C=C)C=CC(C(=O)c2ccccc2Cl)=C(Cl)C1. The normalized spacial score (nSPS) is 15.2. The Morgan fingerprint density at radius 3 is 2.12 bits per heavy atom. The molecular formula is C19H14Cl2O5. The smallest absolute Gasteiger partial charge is 0.333 e. The van der Waals surface area contributed by atoms with E-state index in [2.05, 4.69) is 13.2 Å². The third kappa shape index (κ3) is 4.31. The third-order valence-electron chi connectivity index (χ3n) is 3.44. The first-order valence-corrected chi connectivity index (χ1v) is 8.15. The molecule has 0 heterocycles. The van der Waals surface area contributed by atoms with Crippen LogP contribution in [0.5, 0.6) is 0 Å². The number of allylic oxidation sites excluding steroid dienone is 2. The van der Waals surface area contributed by atoms with Crippen molar-refractivity contribution in [3.8, 4) is 0 Å². The molecule has 0 N–H and O–H groups in total. The summed E-state index contributed by atoms with van der Waals surface area (Å²) in [6, 6.07) is 6.51. The second kappa shape index (κ2) is 8.17. The molecule has 0 saturated carbocycles. The lowest BCUT2D eigenvalue weighted by Crippen LogP contribution is -2.39. The summed E-state index contributed by atoms with van der Waals surface area (Å²) in [6.45, 7) is 6.59. The Labute approximate surface area is 160 Å². The van der Waals surface area contributed by atoms with E-state index >= 15 is 0 Å². The van der Waals surface area contributed by atoms with Crippen LogP contribution >= 0.6 is 23.2 Å². The summed E-state index contributed by atoms with van der Waals surface area (Å²) in [4.78, 5) is 35.9. The van der Waals surface area contributed by atoms with Gasteiger partial charge in [0.05, 0.1) is 11.4 Å². The molecule has 1 aromatic rings. The monoisotopic (exact) mass is 392 g/mol. The van der Waals surface area contributed by atoms with Gasteiger partial charge in [-0.05, 0) is 18.2 Å². The Hall–Kier alpha value is -2.63. The number of rotatable bonds is 6. The molecule has 5 nitrogen and oxygen atoms in total. The third-order valence-corrected chi connectivity index (χ3v) is 4.11. The second-order valence-electron chi connectivity index (χ2n) is 5.20. The number of ketones is 1. The molecule has 1 aliphatic rings. The molecule has 0 aromatic heterocycles. The van der Waals surface area contributed by atoms with Gasteiger partial charge in [-0.3, -0.25) is 4.79 Å². The van der Waals surface area contributed by atoms with Crippen LogP contribution in [0.1, 0.15) is 16.8 Å². The molecule has 0 amide bonds. The van der Waals surface area contributed by atoms with Gasteiger partial charge in [0.2, 0.25) is 0 Å². The first-order chi connectivity index (χ1) is 12.3. The minimum absolute atomic E-state index is 0.0474. The van der Waals surface area contributed by atoms with Crippen molar-refractivity contribution in [3.63, 3.8) is 0 Å². The summed E-state index contributed by atoms with van der Waals surface area (Å²) < 4.78 is 10.3. The molecule has 7 heteroatoms. The molecule has 0 aliphatic heterocycles. The van der Waals surface area contributed by atoms with Gasteiger partial charge in [0.1, 0.15) is 0 Å². The van der Waals surface area contributed by atoms with E-state index in [0.29, 0.717) is 0 Å². The lowest BCUT2D eigenvalue weighted by atomic mass is 9.95. The van der Waals surface area contributed by atoms with E-state index in [1.54, 1.807) is 24.3 Å². The topological polar surface area (TPSA) is 69.7 Å². The molecule has 1 aliphatic carbocycles. The highest BCUT2D eigenvalue weighted by molar-refractivity contribution is 6.37. The molecule has 0 atom stereocenters. The number of carbonyl (C=O) groups is 3. The van der Waals surface area contributed by atoms with Crippen molar-refractivity contribution in [2.75, 3.05) is 0 Å². The molecule has 0 radical (unpaired) electrons. The Morgan fingerprint density at radius 1 is 1.04 bits per heavy atom. The molecule has 0 fully saturated rings. The second-order valence-corrected chi connectivity index (χ2v) is 6.06. The van der Waals surface area contributed by atoms with Crippen molar-refractivity contribution in [1.29, 1.82) is 0 Å². The number of hydrogen-bond donors (Lipinski definition) is 0. The fourth-order valence-electron chi connectivity index (χ4n) is 2.25. The number of benzene rings is 1. The van der Waals surface area contributed by atoms with Crippen LogP contribution in [0.2, 0.25) is 5.02 Å². The fraction of sp³-hybridized carbons (Fsp3) is 0.105. The van der Waals surface area contributed by atoms with Gasteiger partial charge in [-0.15, -0.1) is 0 Å². The number of Topliss-reactive ketones (excluding diaryl/α,β-unsaturated/α-hetero) is 1. The zero-order valence-electron chi connectivity index (χ0n) is 13.5. The Balaban J connectivity index is 2.36. The maximum absolute atomic E-state index is 12.7. The van der Waals surface area contributed by atoms with E-state index < -0.39 is 23.5 Å². The quantitative estimate of drug-likeness (QED) is 0.315. The van der Waals surface area contributed by atoms with E-state index in [1.807, 2.05) is 0 Å².